The van der Waals surface area contributed by atoms with Gasteiger partial charge in [-0.3, -0.25) is 0 Å². The van der Waals surface area contributed by atoms with Crippen LogP contribution in [0.5, 0.6) is 0 Å². The number of anilines is 1. The number of pyridine rings is 1. The summed E-state index contributed by atoms with van der Waals surface area (Å²) in [6, 6.07) is 5.62. The highest BCUT2D eigenvalue weighted by atomic mass is 15.3. The van der Waals surface area contributed by atoms with Crippen LogP contribution in [0, 0.1) is 11.3 Å². The molecule has 3 heterocycles. The number of nitriles is 1. The molecule has 20 heavy (non-hydrogen) atoms. The molecule has 6 nitrogen and oxygen atoms in total. The first-order chi connectivity index (χ1) is 9.79. The molecule has 0 radical (unpaired) electrons. The van der Waals surface area contributed by atoms with E-state index in [-0.39, 0.29) is 6.04 Å². The van der Waals surface area contributed by atoms with Gasteiger partial charge in [-0.05, 0) is 31.9 Å². The summed E-state index contributed by atoms with van der Waals surface area (Å²) in [6.07, 6.45) is 5.01. The lowest BCUT2D eigenvalue weighted by molar-refractivity contribution is 0.500. The molecule has 6 heteroatoms. The summed E-state index contributed by atoms with van der Waals surface area (Å²) in [4.78, 5) is 4.22. The second-order valence-corrected chi connectivity index (χ2v) is 4.96. The fourth-order valence-electron chi connectivity index (χ4n) is 2.53. The van der Waals surface area contributed by atoms with Crippen LogP contribution in [0.3, 0.4) is 0 Å². The predicted octanol–water partition coefficient (Wildman–Crippen LogP) is 2.05. The van der Waals surface area contributed by atoms with E-state index >= 15 is 0 Å². The molecule has 0 aliphatic carbocycles. The highest BCUT2D eigenvalue weighted by Crippen LogP contribution is 2.22. The second kappa shape index (κ2) is 5.29. The Labute approximate surface area is 117 Å². The fraction of sp³-hybridized carbons (Fsp3) is 0.429. The lowest BCUT2D eigenvalue weighted by Crippen LogP contribution is -2.18. The molecule has 3 rings (SSSR count). The Balaban J connectivity index is 1.85. The highest BCUT2D eigenvalue weighted by molar-refractivity contribution is 5.51. The molecule has 0 amide bonds. The molecule has 1 N–H and O–H groups in total. The molecule has 102 valence electrons. The van der Waals surface area contributed by atoms with Crippen molar-refractivity contribution in [2.75, 3.05) is 5.32 Å². The third-order valence-electron chi connectivity index (χ3n) is 3.56. The molecule has 2 aromatic heterocycles. The van der Waals surface area contributed by atoms with Crippen molar-refractivity contribution < 1.29 is 0 Å². The van der Waals surface area contributed by atoms with Gasteiger partial charge in [0, 0.05) is 19.2 Å². The molecule has 0 spiro atoms. The molecule has 0 bridgehead atoms. The van der Waals surface area contributed by atoms with Crippen molar-refractivity contribution in [1.82, 2.24) is 19.7 Å². The number of fused-ring (bicyclic) bond motifs is 1. The van der Waals surface area contributed by atoms with E-state index in [1.54, 1.807) is 18.3 Å². The van der Waals surface area contributed by atoms with Crippen LogP contribution in [0.2, 0.25) is 0 Å². The van der Waals surface area contributed by atoms with Gasteiger partial charge in [0.2, 0.25) is 0 Å². The Bertz CT molecular complexity index is 654. The topological polar surface area (TPSA) is 79.4 Å². The number of nitrogens with one attached hydrogen (secondary N) is 1. The number of rotatable bonds is 3. The first-order valence-electron chi connectivity index (χ1n) is 6.83. The Morgan fingerprint density at radius 3 is 3.15 bits per heavy atom. The zero-order valence-corrected chi connectivity index (χ0v) is 11.4. The number of nitrogens with zero attached hydrogens (tertiary/aromatic N) is 5. The Morgan fingerprint density at radius 2 is 2.30 bits per heavy atom. The molecular weight excluding hydrogens is 252 g/mol. The summed E-state index contributed by atoms with van der Waals surface area (Å²) in [7, 11) is 0. The van der Waals surface area contributed by atoms with Gasteiger partial charge >= 0.3 is 0 Å². The summed E-state index contributed by atoms with van der Waals surface area (Å²) < 4.78 is 2.18. The van der Waals surface area contributed by atoms with Gasteiger partial charge in [0.05, 0.1) is 11.6 Å². The lowest BCUT2D eigenvalue weighted by Gasteiger charge is -2.19. The first kappa shape index (κ1) is 12.6. The lowest BCUT2D eigenvalue weighted by atomic mass is 10.1. The van der Waals surface area contributed by atoms with E-state index in [0.717, 1.165) is 31.0 Å². The van der Waals surface area contributed by atoms with E-state index in [9.17, 15) is 0 Å². The third-order valence-corrected chi connectivity index (χ3v) is 3.56. The summed E-state index contributed by atoms with van der Waals surface area (Å²) in [5, 5.41) is 20.9. The van der Waals surface area contributed by atoms with Crippen LogP contribution < -0.4 is 5.32 Å². The maximum atomic E-state index is 9.09. The summed E-state index contributed by atoms with van der Waals surface area (Å²) >= 11 is 0. The van der Waals surface area contributed by atoms with Gasteiger partial charge in [-0.2, -0.15) is 5.26 Å². The molecular formula is C14H16N6. The SMILES string of the molecule is CC(Nc1ncccc1C#N)c1nnc2n1CCCC2. The molecule has 0 saturated heterocycles. The van der Waals surface area contributed by atoms with Crippen LogP contribution in [0.4, 0.5) is 5.82 Å². The van der Waals surface area contributed by atoms with Gasteiger partial charge in [0.1, 0.15) is 17.7 Å². The van der Waals surface area contributed by atoms with Crippen molar-refractivity contribution in [3.63, 3.8) is 0 Å². The highest BCUT2D eigenvalue weighted by Gasteiger charge is 2.20. The minimum atomic E-state index is -0.0312. The maximum Gasteiger partial charge on any atom is 0.155 e. The Kier molecular flexibility index (Phi) is 3.33. The zero-order valence-electron chi connectivity index (χ0n) is 11.4. The molecule has 1 atom stereocenters. The summed E-state index contributed by atoms with van der Waals surface area (Å²) in [5.74, 6) is 2.56. The quantitative estimate of drug-likeness (QED) is 0.921. The molecule has 0 fully saturated rings. The number of aromatic nitrogens is 4. The van der Waals surface area contributed by atoms with Crippen LogP contribution in [0.15, 0.2) is 18.3 Å². The van der Waals surface area contributed by atoms with Gasteiger partial charge in [0.15, 0.2) is 5.82 Å². The largest absolute Gasteiger partial charge is 0.359 e. The number of hydrogen-bond donors (Lipinski definition) is 1. The fourth-order valence-corrected chi connectivity index (χ4v) is 2.53. The van der Waals surface area contributed by atoms with Crippen molar-refractivity contribution in [1.29, 1.82) is 5.26 Å². The van der Waals surface area contributed by atoms with E-state index in [2.05, 4.69) is 31.1 Å². The van der Waals surface area contributed by atoms with Gasteiger partial charge in [-0.15, -0.1) is 10.2 Å². The molecule has 1 unspecified atom stereocenters. The van der Waals surface area contributed by atoms with Crippen molar-refractivity contribution in [3.8, 4) is 6.07 Å². The Morgan fingerprint density at radius 1 is 1.40 bits per heavy atom. The van der Waals surface area contributed by atoms with E-state index < -0.39 is 0 Å². The second-order valence-electron chi connectivity index (χ2n) is 4.96. The number of hydrogen-bond acceptors (Lipinski definition) is 5. The van der Waals surface area contributed by atoms with E-state index in [4.69, 9.17) is 5.26 Å². The minimum Gasteiger partial charge on any atom is -0.359 e. The van der Waals surface area contributed by atoms with Crippen LogP contribution in [0.1, 0.15) is 43.0 Å². The molecule has 2 aromatic rings. The van der Waals surface area contributed by atoms with E-state index in [0.29, 0.717) is 11.4 Å². The Hall–Kier alpha value is -2.42. The van der Waals surface area contributed by atoms with Gasteiger partial charge < -0.3 is 9.88 Å². The van der Waals surface area contributed by atoms with Gasteiger partial charge in [-0.25, -0.2) is 4.98 Å². The summed E-state index contributed by atoms with van der Waals surface area (Å²) in [5.41, 5.74) is 0.540. The van der Waals surface area contributed by atoms with Gasteiger partial charge in [0.25, 0.3) is 0 Å². The molecule has 0 aromatic carbocycles. The molecule has 1 aliphatic heterocycles. The molecule has 1 aliphatic rings. The van der Waals surface area contributed by atoms with Crippen molar-refractivity contribution in [2.24, 2.45) is 0 Å². The van der Waals surface area contributed by atoms with Crippen LogP contribution in [-0.4, -0.2) is 19.7 Å². The smallest absolute Gasteiger partial charge is 0.155 e. The van der Waals surface area contributed by atoms with Crippen molar-refractivity contribution in [2.45, 2.75) is 38.8 Å². The third kappa shape index (κ3) is 2.23. The maximum absolute atomic E-state index is 9.09. The average Bonchev–Trinajstić information content (AvgIpc) is 2.92. The molecule has 0 saturated carbocycles. The van der Waals surface area contributed by atoms with Crippen LogP contribution in [-0.2, 0) is 13.0 Å². The average molecular weight is 268 g/mol. The minimum absolute atomic E-state index is 0.0312. The number of aryl methyl sites for hydroxylation is 1. The van der Waals surface area contributed by atoms with Crippen LogP contribution in [0.25, 0.3) is 0 Å². The predicted molar refractivity (Wildman–Crippen MR) is 73.9 cm³/mol. The van der Waals surface area contributed by atoms with E-state index in [1.165, 1.54) is 6.42 Å². The zero-order chi connectivity index (χ0) is 13.9. The van der Waals surface area contributed by atoms with E-state index in [1.807, 2.05) is 6.92 Å². The normalized spacial score (nSPS) is 15.2. The van der Waals surface area contributed by atoms with Gasteiger partial charge in [-0.1, -0.05) is 0 Å². The monoisotopic (exact) mass is 268 g/mol. The first-order valence-corrected chi connectivity index (χ1v) is 6.83. The standard InChI is InChI=1S/C14H16N6/c1-10(17-13-11(9-15)5-4-7-16-13)14-19-18-12-6-2-3-8-20(12)14/h4-5,7,10H,2-3,6,8H2,1H3,(H,16,17). The van der Waals surface area contributed by atoms with Crippen LogP contribution >= 0.6 is 0 Å². The van der Waals surface area contributed by atoms with Crippen molar-refractivity contribution in [3.05, 3.63) is 35.5 Å². The summed E-state index contributed by atoms with van der Waals surface area (Å²) in [6.45, 7) is 2.98. The van der Waals surface area contributed by atoms with Crippen molar-refractivity contribution >= 4 is 5.82 Å².